The molecule has 0 N–H and O–H groups in total. The molecule has 0 bridgehead atoms. The van der Waals surface area contributed by atoms with Crippen LogP contribution in [-0.2, 0) is 15.7 Å². The minimum Gasteiger partial charge on any atom is -0.497 e. The van der Waals surface area contributed by atoms with Crippen LogP contribution in [0.5, 0.6) is 11.5 Å². The normalized spacial score (nSPS) is 19.1. The minimum atomic E-state index is -4.42. The van der Waals surface area contributed by atoms with E-state index >= 15 is 0 Å². The second-order valence-electron chi connectivity index (χ2n) is 5.56. The van der Waals surface area contributed by atoms with Gasteiger partial charge in [0, 0.05) is 5.56 Å². The summed E-state index contributed by atoms with van der Waals surface area (Å²) in [6.07, 6.45) is -5.19. The van der Waals surface area contributed by atoms with Crippen LogP contribution < -0.4 is 9.47 Å². The Balaban J connectivity index is 1.99. The van der Waals surface area contributed by atoms with Crippen molar-refractivity contribution < 1.29 is 32.2 Å². The quantitative estimate of drug-likeness (QED) is 0.780. The lowest BCUT2D eigenvalue weighted by molar-refractivity contribution is -0.144. The number of alkyl halides is 3. The van der Waals surface area contributed by atoms with E-state index in [2.05, 4.69) is 0 Å². The third-order valence-electron chi connectivity index (χ3n) is 4.13. The molecule has 25 heavy (non-hydrogen) atoms. The van der Waals surface area contributed by atoms with Gasteiger partial charge >= 0.3 is 12.1 Å². The highest BCUT2D eigenvalue weighted by atomic mass is 19.4. The summed E-state index contributed by atoms with van der Waals surface area (Å²) in [7, 11) is 2.75. The van der Waals surface area contributed by atoms with Gasteiger partial charge in [0.05, 0.1) is 19.8 Å². The Morgan fingerprint density at radius 3 is 2.32 bits per heavy atom. The molecular formula is C18H15F3O4. The Kier molecular flexibility index (Phi) is 4.32. The molecule has 0 fully saturated rings. The fourth-order valence-electron chi connectivity index (χ4n) is 2.87. The van der Waals surface area contributed by atoms with Crippen molar-refractivity contribution in [3.8, 4) is 11.5 Å². The van der Waals surface area contributed by atoms with E-state index < -0.39 is 29.7 Å². The number of ether oxygens (including phenoxy) is 3. The van der Waals surface area contributed by atoms with Crippen LogP contribution in [-0.4, -0.2) is 20.2 Å². The average molecular weight is 352 g/mol. The van der Waals surface area contributed by atoms with E-state index in [0.717, 1.165) is 12.1 Å². The van der Waals surface area contributed by atoms with Crippen molar-refractivity contribution in [3.63, 3.8) is 0 Å². The number of halogens is 3. The zero-order valence-electron chi connectivity index (χ0n) is 13.5. The van der Waals surface area contributed by atoms with E-state index in [1.807, 2.05) is 0 Å². The summed E-state index contributed by atoms with van der Waals surface area (Å²) in [4.78, 5) is 12.3. The van der Waals surface area contributed by atoms with Crippen LogP contribution >= 0.6 is 0 Å². The summed E-state index contributed by atoms with van der Waals surface area (Å²) in [5.41, 5.74) is 0.276. The second-order valence-corrected chi connectivity index (χ2v) is 5.56. The molecular weight excluding hydrogens is 337 g/mol. The average Bonchev–Trinajstić information content (AvgIpc) is 2.98. The Bertz CT molecular complexity index is 784. The van der Waals surface area contributed by atoms with E-state index in [9.17, 15) is 18.0 Å². The molecule has 0 aromatic heterocycles. The van der Waals surface area contributed by atoms with Gasteiger partial charge in [-0.2, -0.15) is 13.2 Å². The molecule has 7 heteroatoms. The van der Waals surface area contributed by atoms with Crippen LogP contribution in [0.25, 0.3) is 0 Å². The monoisotopic (exact) mass is 352 g/mol. The second kappa shape index (κ2) is 6.31. The maximum atomic E-state index is 12.7. The number of methoxy groups -OCH3 is 2. The van der Waals surface area contributed by atoms with Crippen LogP contribution in [0.3, 0.4) is 0 Å². The Morgan fingerprint density at radius 2 is 1.76 bits per heavy atom. The molecule has 0 amide bonds. The summed E-state index contributed by atoms with van der Waals surface area (Å²) in [5.74, 6) is -0.297. The number of carbonyl (C=O) groups is 1. The Hall–Kier alpha value is -2.70. The molecule has 0 saturated carbocycles. The first-order valence-electron chi connectivity index (χ1n) is 7.44. The molecule has 0 aliphatic carbocycles. The molecule has 2 aromatic carbocycles. The van der Waals surface area contributed by atoms with Crippen molar-refractivity contribution in [2.75, 3.05) is 14.2 Å². The van der Waals surface area contributed by atoms with Crippen molar-refractivity contribution in [2.24, 2.45) is 0 Å². The molecule has 2 atom stereocenters. The number of hydrogen-bond acceptors (Lipinski definition) is 4. The van der Waals surface area contributed by atoms with E-state index in [1.54, 1.807) is 18.2 Å². The summed E-state index contributed by atoms with van der Waals surface area (Å²) >= 11 is 0. The molecule has 0 radical (unpaired) electrons. The van der Waals surface area contributed by atoms with Gasteiger partial charge < -0.3 is 14.2 Å². The van der Waals surface area contributed by atoms with Crippen molar-refractivity contribution in [1.29, 1.82) is 0 Å². The van der Waals surface area contributed by atoms with Crippen LogP contribution in [0.15, 0.2) is 42.5 Å². The van der Waals surface area contributed by atoms with Gasteiger partial charge in [-0.3, -0.25) is 4.79 Å². The molecule has 1 aliphatic rings. The van der Waals surface area contributed by atoms with Gasteiger partial charge in [0.25, 0.3) is 0 Å². The van der Waals surface area contributed by atoms with E-state index in [-0.39, 0.29) is 0 Å². The highest BCUT2D eigenvalue weighted by Gasteiger charge is 2.42. The third kappa shape index (κ3) is 3.14. The maximum absolute atomic E-state index is 12.7. The predicted octanol–water partition coefficient (Wildman–Crippen LogP) is 4.10. The van der Waals surface area contributed by atoms with Gasteiger partial charge in [0.1, 0.15) is 23.5 Å². The van der Waals surface area contributed by atoms with Crippen LogP contribution in [0.4, 0.5) is 13.2 Å². The van der Waals surface area contributed by atoms with Crippen molar-refractivity contribution in [2.45, 2.75) is 18.2 Å². The van der Waals surface area contributed by atoms with E-state index in [4.69, 9.17) is 14.2 Å². The number of fused-ring (bicyclic) bond motifs is 1. The lowest BCUT2D eigenvalue weighted by atomic mass is 9.90. The van der Waals surface area contributed by atoms with Crippen LogP contribution in [0, 0.1) is 0 Å². The molecule has 4 nitrogen and oxygen atoms in total. The fourth-order valence-corrected chi connectivity index (χ4v) is 2.87. The first-order chi connectivity index (χ1) is 11.8. The maximum Gasteiger partial charge on any atom is 0.416 e. The zero-order valence-corrected chi connectivity index (χ0v) is 13.5. The summed E-state index contributed by atoms with van der Waals surface area (Å²) in [5, 5.41) is 0. The summed E-state index contributed by atoms with van der Waals surface area (Å²) in [6.45, 7) is 0. The van der Waals surface area contributed by atoms with Gasteiger partial charge in [-0.15, -0.1) is 0 Å². The molecule has 0 spiro atoms. The molecule has 132 valence electrons. The highest BCUT2D eigenvalue weighted by molar-refractivity contribution is 5.81. The molecule has 2 aromatic rings. The number of esters is 1. The molecule has 1 heterocycles. The number of hydrogen-bond donors (Lipinski definition) is 0. The standard InChI is InChI=1S/C18H15F3O4/c1-23-12-7-8-14-13(9-12)15(17(22)24-2)16(25-14)10-3-5-11(6-4-10)18(19,20)21/h3-9,15-16H,1-2H3/t15-,16+/m0/s1. The lowest BCUT2D eigenvalue weighted by Gasteiger charge is -2.18. The smallest absolute Gasteiger partial charge is 0.416 e. The van der Waals surface area contributed by atoms with Gasteiger partial charge in [-0.1, -0.05) is 12.1 Å². The fraction of sp³-hybridized carbons (Fsp3) is 0.278. The highest BCUT2D eigenvalue weighted by Crippen LogP contribution is 2.48. The topological polar surface area (TPSA) is 44.8 Å². The molecule has 1 aliphatic heterocycles. The number of carbonyl (C=O) groups excluding carboxylic acids is 1. The van der Waals surface area contributed by atoms with Gasteiger partial charge in [0.15, 0.2) is 0 Å². The minimum absolute atomic E-state index is 0.457. The van der Waals surface area contributed by atoms with Gasteiger partial charge in [-0.05, 0) is 35.9 Å². The van der Waals surface area contributed by atoms with Gasteiger partial charge in [-0.25, -0.2) is 0 Å². The zero-order chi connectivity index (χ0) is 18.2. The summed E-state index contributed by atoms with van der Waals surface area (Å²) < 4.78 is 54.0. The molecule has 0 unspecified atom stereocenters. The molecule has 0 saturated heterocycles. The van der Waals surface area contributed by atoms with Crippen LogP contribution in [0.2, 0.25) is 0 Å². The summed E-state index contributed by atoms with van der Waals surface area (Å²) in [6, 6.07) is 9.57. The van der Waals surface area contributed by atoms with Crippen molar-refractivity contribution in [3.05, 3.63) is 59.2 Å². The van der Waals surface area contributed by atoms with Crippen molar-refractivity contribution in [1.82, 2.24) is 0 Å². The molecule has 3 rings (SSSR count). The van der Waals surface area contributed by atoms with Crippen molar-refractivity contribution >= 4 is 5.97 Å². The largest absolute Gasteiger partial charge is 0.497 e. The third-order valence-corrected chi connectivity index (χ3v) is 4.13. The van der Waals surface area contributed by atoms with Crippen LogP contribution in [0.1, 0.15) is 28.7 Å². The number of benzene rings is 2. The first-order valence-corrected chi connectivity index (χ1v) is 7.44. The SMILES string of the molecule is COC(=O)[C@H]1c2cc(OC)ccc2O[C@@H]1c1ccc(C(F)(F)F)cc1. The Morgan fingerprint density at radius 1 is 1.08 bits per heavy atom. The van der Waals surface area contributed by atoms with E-state index in [1.165, 1.54) is 26.4 Å². The van der Waals surface area contributed by atoms with E-state index in [0.29, 0.717) is 22.6 Å². The number of rotatable bonds is 3. The lowest BCUT2D eigenvalue weighted by Crippen LogP contribution is -2.20. The van der Waals surface area contributed by atoms with Gasteiger partial charge in [0.2, 0.25) is 0 Å². The first kappa shape index (κ1) is 17.1. The predicted molar refractivity (Wildman–Crippen MR) is 82.6 cm³/mol. The Labute approximate surface area is 142 Å².